The first kappa shape index (κ1) is 39.8. The summed E-state index contributed by atoms with van der Waals surface area (Å²) in [6.07, 6.45) is 4.92. The molecule has 322 valence electrons. The fourth-order valence-corrected chi connectivity index (χ4v) is 18.5. The van der Waals surface area contributed by atoms with Crippen LogP contribution in [-0.4, -0.2) is 20.3 Å². The van der Waals surface area contributed by atoms with Crippen molar-refractivity contribution in [2.24, 2.45) is 0 Å². The summed E-state index contributed by atoms with van der Waals surface area (Å²) in [5, 5.41) is 5.49. The molecule has 8 aromatic rings. The molecule has 2 unspecified atom stereocenters. The van der Waals surface area contributed by atoms with Crippen LogP contribution in [0, 0.1) is 6.92 Å². The Morgan fingerprint density at radius 3 is 1.70 bits per heavy atom. The average Bonchev–Trinajstić information content (AvgIpc) is 3.56. The normalized spacial score (nSPS) is 20.5. The van der Waals surface area contributed by atoms with E-state index in [0.717, 1.165) is 17.1 Å². The van der Waals surface area contributed by atoms with E-state index in [1.54, 1.807) is 5.56 Å². The second kappa shape index (κ2) is 14.0. The number of para-hydroxylation sites is 1. The molecule has 13 rings (SSSR count). The number of benzene rings is 8. The fraction of sp³-hybridized carbons (Fsp3) is 0.213. The van der Waals surface area contributed by atoms with Crippen LogP contribution < -0.4 is 51.8 Å². The second-order valence-electron chi connectivity index (χ2n) is 21.3. The molecular weight excluding hydrogens is 814 g/mol. The van der Waals surface area contributed by atoms with Gasteiger partial charge < -0.3 is 14.7 Å². The van der Waals surface area contributed by atoms with Gasteiger partial charge >= 0.3 is 0 Å². The molecule has 2 atom stereocenters. The molecule has 0 saturated heterocycles. The van der Waals surface area contributed by atoms with E-state index in [0.29, 0.717) is 0 Å². The van der Waals surface area contributed by atoms with Gasteiger partial charge in [0.05, 0.1) is 5.54 Å². The molecule has 4 heterocycles. The number of aryl methyl sites for hydroxylation is 1. The minimum Gasteiger partial charge on any atom is -0.335 e. The van der Waals surface area contributed by atoms with E-state index in [-0.39, 0.29) is 23.1 Å². The highest BCUT2D eigenvalue weighted by Crippen LogP contribution is 2.63. The first-order valence-electron chi connectivity index (χ1n) is 24.3. The van der Waals surface area contributed by atoms with Crippen LogP contribution in [0.15, 0.2) is 182 Å². The molecule has 5 heteroatoms. The molecule has 1 aliphatic carbocycles. The zero-order valence-corrected chi connectivity index (χ0v) is 40.1. The van der Waals surface area contributed by atoms with Crippen LogP contribution in [0.3, 0.4) is 0 Å². The van der Waals surface area contributed by atoms with Crippen molar-refractivity contribution >= 4 is 97.4 Å². The molecule has 0 N–H and O–H groups in total. The van der Waals surface area contributed by atoms with Crippen molar-refractivity contribution in [2.75, 3.05) is 14.7 Å². The molecule has 1 saturated carbocycles. The Labute approximate surface area is 392 Å². The van der Waals surface area contributed by atoms with E-state index >= 15 is 0 Å². The van der Waals surface area contributed by atoms with E-state index in [2.05, 4.69) is 238 Å². The Hall–Kier alpha value is -6.56. The van der Waals surface area contributed by atoms with Gasteiger partial charge in [0, 0.05) is 50.9 Å². The van der Waals surface area contributed by atoms with E-state index in [9.17, 15) is 0 Å². The lowest BCUT2D eigenvalue weighted by Crippen LogP contribution is -2.74. The lowest BCUT2D eigenvalue weighted by atomic mass is 9.33. The number of rotatable bonds is 3. The standard InChI is InChI=1S/C61H56BN3Si/c1-41-36-55-57-58-56(41)60(5)34-16-17-35-61(60,6)65(58)54-37-42(59(2,3)4)30-32-52(54)62(57)51-33-31-46-40-53(51)64(55)45-23-19-29-50(39-45)66(47-24-12-8-13-25-47,48-26-14-9-15-27-48)49-28-18-22-44(38-49)63(46)43-20-10-7-11-21-43/h7-15,18-33,36-40H,16-17,34-35H2,1-6H3. The third-order valence-corrected chi connectivity index (χ3v) is 21.6. The molecular formula is C61H56BN3Si. The van der Waals surface area contributed by atoms with Crippen molar-refractivity contribution in [3.8, 4) is 0 Å². The zero-order chi connectivity index (χ0) is 44.7. The Kier molecular flexibility index (Phi) is 8.43. The molecule has 3 nitrogen and oxygen atoms in total. The van der Waals surface area contributed by atoms with Crippen LogP contribution in [0.1, 0.15) is 77.0 Å². The maximum atomic E-state index is 2.90. The average molecular weight is 870 g/mol. The van der Waals surface area contributed by atoms with E-state index in [1.165, 1.54) is 102 Å². The van der Waals surface area contributed by atoms with Crippen LogP contribution in [0.4, 0.5) is 45.5 Å². The predicted octanol–water partition coefficient (Wildman–Crippen LogP) is 10.8. The summed E-state index contributed by atoms with van der Waals surface area (Å²) in [6, 6.07) is 70.6. The number of fused-ring (bicyclic) bond motifs is 14. The Morgan fingerprint density at radius 1 is 0.500 bits per heavy atom. The molecule has 4 aliphatic heterocycles. The summed E-state index contributed by atoms with van der Waals surface area (Å²) in [5.41, 5.74) is 18.8. The molecule has 5 aliphatic rings. The van der Waals surface area contributed by atoms with Crippen molar-refractivity contribution in [1.29, 1.82) is 0 Å². The maximum Gasteiger partial charge on any atom is 0.252 e. The number of nitrogens with zero attached hydrogens (tertiary/aromatic N) is 3. The molecule has 8 aromatic carbocycles. The summed E-state index contributed by atoms with van der Waals surface area (Å²) < 4.78 is 0. The van der Waals surface area contributed by atoms with Gasteiger partial charge in [0.15, 0.2) is 8.07 Å². The zero-order valence-electron chi connectivity index (χ0n) is 39.1. The van der Waals surface area contributed by atoms with Crippen molar-refractivity contribution in [1.82, 2.24) is 0 Å². The van der Waals surface area contributed by atoms with Crippen LogP contribution in [0.2, 0.25) is 0 Å². The van der Waals surface area contributed by atoms with Crippen LogP contribution in [0.5, 0.6) is 0 Å². The van der Waals surface area contributed by atoms with Gasteiger partial charge in [-0.15, -0.1) is 0 Å². The highest BCUT2D eigenvalue weighted by Gasteiger charge is 2.62. The summed E-state index contributed by atoms with van der Waals surface area (Å²) in [5.74, 6) is 0. The molecule has 0 radical (unpaired) electrons. The number of hydrogen-bond donors (Lipinski definition) is 0. The topological polar surface area (TPSA) is 9.72 Å². The SMILES string of the molecule is Cc1cc2c3c4c1C1(C)CCCCC1(C)N4c1cc(C(C)(C)C)ccc1B3c1ccc3cc1N2c1cccc(c1)[Si](c1ccccc1)(c1ccccc1)c1cccc(c1)N3c1ccccc1. The lowest BCUT2D eigenvalue weighted by molar-refractivity contribution is 0.194. The first-order valence-corrected chi connectivity index (χ1v) is 26.3. The summed E-state index contributed by atoms with van der Waals surface area (Å²) >= 11 is 0. The van der Waals surface area contributed by atoms with Gasteiger partial charge in [-0.2, -0.15) is 0 Å². The molecule has 66 heavy (non-hydrogen) atoms. The van der Waals surface area contributed by atoms with Gasteiger partial charge in [0.2, 0.25) is 0 Å². The molecule has 0 spiro atoms. The van der Waals surface area contributed by atoms with Crippen LogP contribution in [0.25, 0.3) is 0 Å². The Bertz CT molecular complexity index is 3230. The highest BCUT2D eigenvalue weighted by atomic mass is 28.3. The predicted molar refractivity (Wildman–Crippen MR) is 284 cm³/mol. The third kappa shape index (κ3) is 5.21. The molecule has 6 bridgehead atoms. The molecule has 0 amide bonds. The molecule has 0 aromatic heterocycles. The second-order valence-corrected chi connectivity index (χ2v) is 25.1. The quantitative estimate of drug-likeness (QED) is 0.164. The largest absolute Gasteiger partial charge is 0.335 e. The summed E-state index contributed by atoms with van der Waals surface area (Å²) in [4.78, 5) is 8.07. The van der Waals surface area contributed by atoms with E-state index in [4.69, 9.17) is 0 Å². The lowest BCUT2D eigenvalue weighted by Gasteiger charge is -2.52. The minimum atomic E-state index is -2.95. The van der Waals surface area contributed by atoms with Crippen molar-refractivity contribution in [2.45, 2.75) is 83.6 Å². The van der Waals surface area contributed by atoms with Crippen LogP contribution in [-0.2, 0) is 10.8 Å². The van der Waals surface area contributed by atoms with Gasteiger partial charge in [-0.1, -0.05) is 162 Å². The van der Waals surface area contributed by atoms with Crippen molar-refractivity contribution in [3.63, 3.8) is 0 Å². The van der Waals surface area contributed by atoms with Crippen LogP contribution >= 0.6 is 0 Å². The number of hydrogen-bond acceptors (Lipinski definition) is 3. The van der Waals surface area contributed by atoms with Gasteiger partial charge in [-0.3, -0.25) is 0 Å². The van der Waals surface area contributed by atoms with Gasteiger partial charge in [-0.05, 0) is 147 Å². The number of anilines is 8. The fourth-order valence-electron chi connectivity index (χ4n) is 13.7. The third-order valence-electron chi connectivity index (χ3n) is 16.9. The monoisotopic (exact) mass is 869 g/mol. The summed E-state index contributed by atoms with van der Waals surface area (Å²) in [7, 11) is -2.95. The first-order chi connectivity index (χ1) is 32.0. The molecule has 1 fully saturated rings. The van der Waals surface area contributed by atoms with Crippen molar-refractivity contribution in [3.05, 3.63) is 199 Å². The van der Waals surface area contributed by atoms with Gasteiger partial charge in [0.25, 0.3) is 6.71 Å². The smallest absolute Gasteiger partial charge is 0.252 e. The van der Waals surface area contributed by atoms with E-state index < -0.39 is 8.07 Å². The maximum absolute atomic E-state index is 2.95. The highest BCUT2D eigenvalue weighted by molar-refractivity contribution is 7.20. The Morgan fingerprint density at radius 2 is 1.05 bits per heavy atom. The Balaban J connectivity index is 1.18. The van der Waals surface area contributed by atoms with Crippen molar-refractivity contribution < 1.29 is 0 Å². The van der Waals surface area contributed by atoms with E-state index in [1.807, 2.05) is 0 Å². The minimum absolute atomic E-state index is 0.0226. The van der Waals surface area contributed by atoms with Gasteiger partial charge in [-0.25, -0.2) is 0 Å². The summed E-state index contributed by atoms with van der Waals surface area (Å²) in [6.45, 7) is 14.8. The van der Waals surface area contributed by atoms with Gasteiger partial charge in [0.1, 0.15) is 0 Å².